The number of alkyl halides is 3. The van der Waals surface area contributed by atoms with Crippen LogP contribution in [0.25, 0.3) is 11.2 Å². The van der Waals surface area contributed by atoms with Gasteiger partial charge in [0.25, 0.3) is 0 Å². The summed E-state index contributed by atoms with van der Waals surface area (Å²) in [6.45, 7) is 0.354. The largest absolute Gasteiger partial charge is 0.493 e. The highest BCUT2D eigenvalue weighted by molar-refractivity contribution is 5.87. The van der Waals surface area contributed by atoms with E-state index in [1.165, 1.54) is 33.5 Å². The molecule has 2 N–H and O–H groups in total. The molecule has 6 rings (SSSR count). The Morgan fingerprint density at radius 2 is 1.56 bits per heavy atom. The first-order valence-electron chi connectivity index (χ1n) is 12.9. The predicted molar refractivity (Wildman–Crippen MR) is 151 cm³/mol. The standard InChI is InChI=1S/C29H25F3N6O5/c1-39-22-11-19(12-23(40-2)25(22)41-3)35-28-36-26(34-18-8-9-20-21(10-18)43-15-42-20)24-27(37-28)38(14-33-24)13-16-4-6-17(7-5-16)29(30,31)32/h4-12,14H,13,15H2,1-3H3,(H2,34,35,36,37). The number of rotatable bonds is 9. The van der Waals surface area contributed by atoms with Crippen LogP contribution in [-0.2, 0) is 12.7 Å². The van der Waals surface area contributed by atoms with Crippen LogP contribution < -0.4 is 34.3 Å². The zero-order valence-corrected chi connectivity index (χ0v) is 23.2. The van der Waals surface area contributed by atoms with E-state index in [-0.39, 0.29) is 19.3 Å². The van der Waals surface area contributed by atoms with Gasteiger partial charge in [-0.1, -0.05) is 12.1 Å². The van der Waals surface area contributed by atoms with Gasteiger partial charge in [0.15, 0.2) is 40.0 Å². The van der Waals surface area contributed by atoms with Crippen molar-refractivity contribution < 1.29 is 36.9 Å². The Labute approximate surface area is 243 Å². The molecule has 1 aliphatic heterocycles. The predicted octanol–water partition coefficient (Wildman–Crippen LogP) is 6.14. The second kappa shape index (κ2) is 11.1. The van der Waals surface area contributed by atoms with Crippen LogP contribution in [0, 0.1) is 0 Å². The van der Waals surface area contributed by atoms with Gasteiger partial charge in [0.05, 0.1) is 39.8 Å². The number of ether oxygens (including phenoxy) is 5. The number of hydrogen-bond acceptors (Lipinski definition) is 10. The number of nitrogens with zero attached hydrogens (tertiary/aromatic N) is 4. The summed E-state index contributed by atoms with van der Waals surface area (Å²) in [7, 11) is 4.53. The van der Waals surface area contributed by atoms with E-state index in [0.717, 1.165) is 12.1 Å². The second-order valence-corrected chi connectivity index (χ2v) is 9.37. The van der Waals surface area contributed by atoms with Gasteiger partial charge in [-0.3, -0.25) is 0 Å². The number of anilines is 4. The molecule has 0 aliphatic carbocycles. The van der Waals surface area contributed by atoms with Crippen LogP contribution in [0.1, 0.15) is 11.1 Å². The van der Waals surface area contributed by atoms with Crippen molar-refractivity contribution in [1.82, 2.24) is 19.5 Å². The monoisotopic (exact) mass is 594 g/mol. The number of methoxy groups -OCH3 is 3. The average Bonchev–Trinajstić information content (AvgIpc) is 3.63. The molecular formula is C29H25F3N6O5. The summed E-state index contributed by atoms with van der Waals surface area (Å²) in [6.07, 6.45) is -2.86. The van der Waals surface area contributed by atoms with Gasteiger partial charge in [-0.25, -0.2) is 4.98 Å². The summed E-state index contributed by atoms with van der Waals surface area (Å²) in [5.41, 5.74) is 2.02. The minimum Gasteiger partial charge on any atom is -0.493 e. The van der Waals surface area contributed by atoms with Gasteiger partial charge in [-0.2, -0.15) is 23.1 Å². The third-order valence-electron chi connectivity index (χ3n) is 6.65. The van der Waals surface area contributed by atoms with Crippen molar-refractivity contribution in [2.45, 2.75) is 12.7 Å². The third kappa shape index (κ3) is 5.58. The van der Waals surface area contributed by atoms with Gasteiger partial charge in [0.2, 0.25) is 18.5 Å². The van der Waals surface area contributed by atoms with Crippen molar-refractivity contribution in [3.63, 3.8) is 0 Å². The molecule has 3 aromatic carbocycles. The van der Waals surface area contributed by atoms with Crippen molar-refractivity contribution in [1.29, 1.82) is 0 Å². The van der Waals surface area contributed by atoms with E-state index in [9.17, 15) is 13.2 Å². The molecule has 5 aromatic rings. The van der Waals surface area contributed by atoms with Crippen molar-refractivity contribution in [3.05, 3.63) is 72.1 Å². The molecular weight excluding hydrogens is 569 g/mol. The number of imidazole rings is 1. The van der Waals surface area contributed by atoms with Crippen molar-refractivity contribution in [2.75, 3.05) is 38.8 Å². The van der Waals surface area contributed by atoms with E-state index in [2.05, 4.69) is 20.6 Å². The molecule has 0 atom stereocenters. The van der Waals surface area contributed by atoms with Gasteiger partial charge < -0.3 is 38.9 Å². The Kier molecular flexibility index (Phi) is 7.17. The molecule has 0 unspecified atom stereocenters. The van der Waals surface area contributed by atoms with Crippen LogP contribution in [0.5, 0.6) is 28.7 Å². The summed E-state index contributed by atoms with van der Waals surface area (Å²) in [6, 6.07) is 13.7. The van der Waals surface area contributed by atoms with Crippen molar-refractivity contribution in [3.8, 4) is 28.7 Å². The maximum atomic E-state index is 13.1. The lowest BCUT2D eigenvalue weighted by Crippen LogP contribution is -2.07. The fourth-order valence-electron chi connectivity index (χ4n) is 4.59. The number of fused-ring (bicyclic) bond motifs is 2. The first-order valence-corrected chi connectivity index (χ1v) is 12.9. The number of benzene rings is 3. The Morgan fingerprint density at radius 1 is 0.837 bits per heavy atom. The first kappa shape index (κ1) is 27.8. The van der Waals surface area contributed by atoms with E-state index >= 15 is 0 Å². The van der Waals surface area contributed by atoms with Crippen molar-refractivity contribution in [2.24, 2.45) is 0 Å². The molecule has 0 spiro atoms. The van der Waals surface area contributed by atoms with Crippen LogP contribution in [0.3, 0.4) is 0 Å². The van der Waals surface area contributed by atoms with Crippen molar-refractivity contribution >= 4 is 34.3 Å². The highest BCUT2D eigenvalue weighted by Gasteiger charge is 2.30. The molecule has 1 aliphatic rings. The quantitative estimate of drug-likeness (QED) is 0.206. The van der Waals surface area contributed by atoms with Gasteiger partial charge >= 0.3 is 6.18 Å². The molecule has 3 heterocycles. The van der Waals surface area contributed by atoms with Gasteiger partial charge in [-0.05, 0) is 29.8 Å². The Morgan fingerprint density at radius 3 is 2.23 bits per heavy atom. The van der Waals surface area contributed by atoms with Crippen LogP contribution in [0.15, 0.2) is 60.9 Å². The fraction of sp³-hybridized carbons (Fsp3) is 0.207. The zero-order chi connectivity index (χ0) is 30.1. The maximum absolute atomic E-state index is 13.1. The Hall–Kier alpha value is -5.40. The highest BCUT2D eigenvalue weighted by Crippen LogP contribution is 2.41. The summed E-state index contributed by atoms with van der Waals surface area (Å²) in [4.78, 5) is 13.9. The maximum Gasteiger partial charge on any atom is 0.416 e. The lowest BCUT2D eigenvalue weighted by Gasteiger charge is -2.15. The molecule has 0 saturated heterocycles. The van der Waals surface area contributed by atoms with Crippen LogP contribution >= 0.6 is 0 Å². The average molecular weight is 595 g/mol. The summed E-state index contributed by atoms with van der Waals surface area (Å²) < 4.78 is 68.2. The summed E-state index contributed by atoms with van der Waals surface area (Å²) in [5, 5.41) is 6.45. The molecule has 14 heteroatoms. The smallest absolute Gasteiger partial charge is 0.416 e. The molecule has 0 saturated carbocycles. The van der Waals surface area contributed by atoms with Gasteiger partial charge in [0.1, 0.15) is 0 Å². The molecule has 0 bridgehead atoms. The van der Waals surface area contributed by atoms with Crippen LogP contribution in [0.2, 0.25) is 0 Å². The molecule has 0 amide bonds. The van der Waals surface area contributed by atoms with Gasteiger partial charge in [0, 0.05) is 29.6 Å². The van der Waals surface area contributed by atoms with Crippen LogP contribution in [0.4, 0.5) is 36.3 Å². The summed E-state index contributed by atoms with van der Waals surface area (Å²) in [5.74, 6) is 3.08. The van der Waals surface area contributed by atoms with E-state index < -0.39 is 11.7 Å². The minimum atomic E-state index is -4.42. The second-order valence-electron chi connectivity index (χ2n) is 9.37. The Balaban J connectivity index is 1.40. The van der Waals surface area contributed by atoms with Crippen LogP contribution in [-0.4, -0.2) is 47.6 Å². The highest BCUT2D eigenvalue weighted by atomic mass is 19.4. The van der Waals surface area contributed by atoms with E-state index in [1.54, 1.807) is 35.2 Å². The normalized spacial score (nSPS) is 12.3. The number of aromatic nitrogens is 4. The van der Waals surface area contributed by atoms with E-state index in [4.69, 9.17) is 28.7 Å². The SMILES string of the molecule is COc1cc(Nc2nc(Nc3ccc4c(c3)OCO4)c3ncn(Cc4ccc(C(F)(F)F)cc4)c3n2)cc(OC)c1OC. The molecule has 222 valence electrons. The zero-order valence-electron chi connectivity index (χ0n) is 23.2. The molecule has 0 radical (unpaired) electrons. The third-order valence-corrected chi connectivity index (χ3v) is 6.65. The fourth-order valence-corrected chi connectivity index (χ4v) is 4.59. The number of nitrogens with one attached hydrogen (secondary N) is 2. The lowest BCUT2D eigenvalue weighted by molar-refractivity contribution is -0.137. The molecule has 0 fully saturated rings. The summed E-state index contributed by atoms with van der Waals surface area (Å²) >= 11 is 0. The topological polar surface area (TPSA) is 114 Å². The van der Waals surface area contributed by atoms with E-state index in [0.29, 0.717) is 62.7 Å². The minimum absolute atomic E-state index is 0.133. The first-order chi connectivity index (χ1) is 20.7. The number of hydrogen-bond donors (Lipinski definition) is 2. The lowest BCUT2D eigenvalue weighted by atomic mass is 10.1. The van der Waals surface area contributed by atoms with Gasteiger partial charge in [-0.15, -0.1) is 0 Å². The number of halogens is 3. The van der Waals surface area contributed by atoms with E-state index in [1.807, 2.05) is 6.07 Å². The molecule has 43 heavy (non-hydrogen) atoms. The molecule has 11 nitrogen and oxygen atoms in total. The molecule has 2 aromatic heterocycles. The Bertz CT molecular complexity index is 1770.